The van der Waals surface area contributed by atoms with Gasteiger partial charge in [-0.15, -0.1) is 0 Å². The van der Waals surface area contributed by atoms with Crippen molar-refractivity contribution in [1.82, 2.24) is 14.9 Å². The number of aryl methyl sites for hydroxylation is 1. The molecule has 0 radical (unpaired) electrons. The van der Waals surface area contributed by atoms with Gasteiger partial charge >= 0.3 is 0 Å². The highest BCUT2D eigenvalue weighted by Crippen LogP contribution is 2.42. The van der Waals surface area contributed by atoms with Crippen molar-refractivity contribution in [3.8, 4) is 0 Å². The zero-order valence-corrected chi connectivity index (χ0v) is 16.5. The number of aromatic nitrogens is 2. The van der Waals surface area contributed by atoms with Gasteiger partial charge in [-0.05, 0) is 36.6 Å². The van der Waals surface area contributed by atoms with E-state index in [1.165, 1.54) is 35.0 Å². The van der Waals surface area contributed by atoms with E-state index in [1.54, 1.807) is 6.20 Å². The Bertz CT molecular complexity index is 1270. The maximum Gasteiger partial charge on any atom is 0.0871 e. The van der Waals surface area contributed by atoms with Crippen LogP contribution in [0.25, 0.3) is 21.7 Å². The van der Waals surface area contributed by atoms with E-state index in [9.17, 15) is 4.21 Å². The van der Waals surface area contributed by atoms with Gasteiger partial charge in [0, 0.05) is 70.2 Å². The molecule has 140 valence electrons. The summed E-state index contributed by atoms with van der Waals surface area (Å²) in [5, 5.41) is 7.03. The second kappa shape index (κ2) is 6.00. The van der Waals surface area contributed by atoms with Gasteiger partial charge in [0.25, 0.3) is 0 Å². The van der Waals surface area contributed by atoms with Crippen molar-refractivity contribution in [3.05, 3.63) is 66.1 Å². The van der Waals surface area contributed by atoms with Crippen LogP contribution in [0.5, 0.6) is 0 Å². The molecule has 6 rings (SSSR count). The van der Waals surface area contributed by atoms with Crippen LogP contribution in [0.2, 0.25) is 0 Å². The van der Waals surface area contributed by atoms with Crippen LogP contribution in [-0.4, -0.2) is 19.8 Å². The fourth-order valence-corrected chi connectivity index (χ4v) is 6.27. The summed E-state index contributed by atoms with van der Waals surface area (Å²) in [6.45, 7) is 0. The molecule has 3 atom stereocenters. The third-order valence-corrected chi connectivity index (χ3v) is 7.82. The van der Waals surface area contributed by atoms with Crippen molar-refractivity contribution < 1.29 is 4.21 Å². The Hall–Kier alpha value is -2.50. The van der Waals surface area contributed by atoms with Gasteiger partial charge in [0.15, 0.2) is 0 Å². The first-order chi connectivity index (χ1) is 13.7. The minimum Gasteiger partial charge on any atom is -0.347 e. The van der Waals surface area contributed by atoms with Crippen molar-refractivity contribution in [1.29, 1.82) is 0 Å². The van der Waals surface area contributed by atoms with Crippen molar-refractivity contribution in [2.24, 2.45) is 7.05 Å². The Morgan fingerprint density at radius 3 is 2.93 bits per heavy atom. The van der Waals surface area contributed by atoms with Gasteiger partial charge in [0.05, 0.1) is 15.7 Å². The van der Waals surface area contributed by atoms with Gasteiger partial charge in [0.2, 0.25) is 0 Å². The van der Waals surface area contributed by atoms with E-state index in [1.807, 2.05) is 36.5 Å². The molecule has 0 amide bonds. The van der Waals surface area contributed by atoms with Crippen LogP contribution in [0.1, 0.15) is 30.1 Å². The summed E-state index contributed by atoms with van der Waals surface area (Å²) in [6.07, 6.45) is 7.09. The number of fused-ring (bicyclic) bond motifs is 7. The number of rotatable bonds is 2. The number of hydrogen-bond donors (Lipinski definition) is 1. The number of nitrogens with one attached hydrogen (secondary N) is 1. The van der Waals surface area contributed by atoms with Gasteiger partial charge in [-0.1, -0.05) is 24.3 Å². The Labute approximate surface area is 166 Å². The predicted octanol–water partition coefficient (Wildman–Crippen LogP) is 4.24. The molecule has 0 spiro atoms. The molecular weight excluding hydrogens is 366 g/mol. The molecular formula is C23H21N3OS. The smallest absolute Gasteiger partial charge is 0.0871 e. The van der Waals surface area contributed by atoms with Gasteiger partial charge in [-0.3, -0.25) is 4.98 Å². The second-order valence-corrected chi connectivity index (χ2v) is 9.37. The van der Waals surface area contributed by atoms with Crippen LogP contribution in [0.3, 0.4) is 0 Å². The highest BCUT2D eigenvalue weighted by molar-refractivity contribution is 7.85. The summed E-state index contributed by atoms with van der Waals surface area (Å²) in [5.41, 5.74) is 4.09. The molecule has 2 aromatic heterocycles. The van der Waals surface area contributed by atoms with Crippen LogP contribution in [0, 0.1) is 0 Å². The molecule has 5 heteroatoms. The lowest BCUT2D eigenvalue weighted by Gasteiger charge is -2.23. The minimum atomic E-state index is -1.26. The van der Waals surface area contributed by atoms with E-state index in [4.69, 9.17) is 0 Å². The summed E-state index contributed by atoms with van der Waals surface area (Å²) in [4.78, 5) is 5.95. The fraction of sp³-hybridized carbons (Fsp3) is 0.261. The maximum absolute atomic E-state index is 13.5. The largest absolute Gasteiger partial charge is 0.347 e. The number of benzene rings is 2. The summed E-state index contributed by atoms with van der Waals surface area (Å²) in [5.74, 6) is 0. The molecule has 4 nitrogen and oxygen atoms in total. The van der Waals surface area contributed by atoms with E-state index in [-0.39, 0.29) is 0 Å². The first-order valence-electron chi connectivity index (χ1n) is 9.82. The number of hydrogen-bond acceptors (Lipinski definition) is 3. The molecule has 2 bridgehead atoms. The van der Waals surface area contributed by atoms with E-state index in [0.29, 0.717) is 12.1 Å². The lowest BCUT2D eigenvalue weighted by Crippen LogP contribution is -2.32. The summed E-state index contributed by atoms with van der Waals surface area (Å²) >= 11 is 0. The first-order valence-corrected chi connectivity index (χ1v) is 11.0. The lowest BCUT2D eigenvalue weighted by atomic mass is 9.99. The van der Waals surface area contributed by atoms with Gasteiger partial charge in [0.1, 0.15) is 0 Å². The SMILES string of the molecule is Cn1c2c(c3cc(S(=O)c4cncc5ccccc45)ccc31)C1CCC(C2)N1. The van der Waals surface area contributed by atoms with Crippen LogP contribution >= 0.6 is 0 Å². The topological polar surface area (TPSA) is 46.9 Å². The Kier molecular flexibility index (Phi) is 3.52. The molecule has 1 fully saturated rings. The van der Waals surface area contributed by atoms with Crippen LogP contribution in [0.4, 0.5) is 0 Å². The molecule has 1 saturated heterocycles. The average molecular weight is 388 g/mol. The van der Waals surface area contributed by atoms with E-state index in [0.717, 1.165) is 27.0 Å². The Morgan fingerprint density at radius 1 is 1.11 bits per heavy atom. The summed E-state index contributed by atoms with van der Waals surface area (Å²) in [7, 11) is 0.900. The van der Waals surface area contributed by atoms with Crippen molar-refractivity contribution in [2.75, 3.05) is 0 Å². The zero-order valence-electron chi connectivity index (χ0n) is 15.7. The molecule has 0 saturated carbocycles. The fourth-order valence-electron chi connectivity index (χ4n) is 5.06. The van der Waals surface area contributed by atoms with E-state index in [2.05, 4.69) is 34.0 Å². The van der Waals surface area contributed by atoms with Crippen molar-refractivity contribution >= 4 is 32.5 Å². The molecule has 2 aromatic carbocycles. The van der Waals surface area contributed by atoms with Crippen LogP contribution in [-0.2, 0) is 24.3 Å². The third kappa shape index (κ3) is 2.26. The van der Waals surface area contributed by atoms with Crippen LogP contribution in [0.15, 0.2) is 64.6 Å². The van der Waals surface area contributed by atoms with Gasteiger partial charge < -0.3 is 9.88 Å². The van der Waals surface area contributed by atoms with Crippen molar-refractivity contribution in [2.45, 2.75) is 41.1 Å². The Balaban J connectivity index is 1.53. The van der Waals surface area contributed by atoms with E-state index >= 15 is 0 Å². The quantitative estimate of drug-likeness (QED) is 0.560. The molecule has 2 aliphatic rings. The second-order valence-electron chi connectivity index (χ2n) is 7.92. The molecule has 3 unspecified atom stereocenters. The first kappa shape index (κ1) is 16.5. The molecule has 4 heterocycles. The molecule has 4 aromatic rings. The highest BCUT2D eigenvalue weighted by Gasteiger charge is 2.35. The standard InChI is InChI=1S/C23H21N3OS/c1-26-20-9-7-16(11-18(20)23-19-8-6-15(25-19)10-21(23)26)28(27)22-13-24-12-14-4-2-3-5-17(14)22/h2-5,7,9,11-13,15,19,25H,6,8,10H2,1H3. The molecule has 2 aliphatic heterocycles. The molecule has 28 heavy (non-hydrogen) atoms. The predicted molar refractivity (Wildman–Crippen MR) is 112 cm³/mol. The van der Waals surface area contributed by atoms with E-state index < -0.39 is 10.8 Å². The normalized spacial score (nSPS) is 21.9. The molecule has 0 aliphatic carbocycles. The number of pyridine rings is 1. The van der Waals surface area contributed by atoms with Gasteiger partial charge in [-0.25, -0.2) is 4.21 Å². The number of nitrogens with zero attached hydrogens (tertiary/aromatic N) is 2. The monoisotopic (exact) mass is 387 g/mol. The highest BCUT2D eigenvalue weighted by atomic mass is 32.2. The van der Waals surface area contributed by atoms with Crippen LogP contribution < -0.4 is 5.32 Å². The Morgan fingerprint density at radius 2 is 2.00 bits per heavy atom. The zero-order chi connectivity index (χ0) is 18.8. The minimum absolute atomic E-state index is 0.431. The maximum atomic E-state index is 13.5. The van der Waals surface area contributed by atoms with Gasteiger partial charge in [-0.2, -0.15) is 0 Å². The average Bonchev–Trinajstić information content (AvgIpc) is 3.25. The third-order valence-electron chi connectivity index (χ3n) is 6.41. The van der Waals surface area contributed by atoms with Crippen molar-refractivity contribution in [3.63, 3.8) is 0 Å². The lowest BCUT2D eigenvalue weighted by molar-refractivity contribution is 0.503. The molecule has 1 N–H and O–H groups in total. The summed E-state index contributed by atoms with van der Waals surface area (Å²) in [6, 6.07) is 15.3. The summed E-state index contributed by atoms with van der Waals surface area (Å²) < 4.78 is 15.8.